The Kier molecular flexibility index (Phi) is 6.99. The van der Waals surface area contributed by atoms with E-state index >= 15 is 0 Å². The van der Waals surface area contributed by atoms with Crippen LogP contribution in [-0.2, 0) is 13.1 Å². The van der Waals surface area contributed by atoms with E-state index in [-0.39, 0.29) is 5.91 Å². The van der Waals surface area contributed by atoms with Crippen molar-refractivity contribution in [2.75, 3.05) is 13.7 Å². The van der Waals surface area contributed by atoms with E-state index < -0.39 is 0 Å². The molecular formula is C24H27ClN2O2. The molecule has 0 saturated heterocycles. The maximum Gasteiger partial charge on any atom is 0.254 e. The van der Waals surface area contributed by atoms with E-state index in [1.54, 1.807) is 13.2 Å². The number of ether oxygens (including phenoxy) is 1. The monoisotopic (exact) mass is 410 g/mol. The van der Waals surface area contributed by atoms with E-state index in [2.05, 4.69) is 24.5 Å². The smallest absolute Gasteiger partial charge is 0.254 e. The van der Waals surface area contributed by atoms with Crippen molar-refractivity contribution in [2.45, 2.75) is 26.9 Å². The standard InChI is InChI=1S/C24H27ClN2O2/c1-18(2)15-27(24(28)19-9-6-11-22(14-19)29-3)17-21-10-7-13-26(21)16-20-8-4-5-12-23(20)25/h4-14,18H,15-17H2,1-3H3. The SMILES string of the molecule is COc1cccc(C(=O)N(Cc2cccn2Cc2ccccc2Cl)CC(C)C)c1. The largest absolute Gasteiger partial charge is 0.497 e. The number of amides is 1. The van der Waals surface area contributed by atoms with Crippen LogP contribution >= 0.6 is 11.6 Å². The molecule has 3 rings (SSSR count). The van der Waals surface area contributed by atoms with Gasteiger partial charge in [-0.2, -0.15) is 0 Å². The Morgan fingerprint density at radius 1 is 1.10 bits per heavy atom. The summed E-state index contributed by atoms with van der Waals surface area (Å²) in [6.07, 6.45) is 2.03. The Balaban J connectivity index is 1.83. The van der Waals surface area contributed by atoms with Crippen LogP contribution < -0.4 is 4.74 Å². The van der Waals surface area contributed by atoms with Crippen molar-refractivity contribution in [1.82, 2.24) is 9.47 Å². The van der Waals surface area contributed by atoms with E-state index in [4.69, 9.17) is 16.3 Å². The average Bonchev–Trinajstić information content (AvgIpc) is 3.15. The second-order valence-electron chi connectivity index (χ2n) is 7.53. The van der Waals surface area contributed by atoms with Crippen molar-refractivity contribution in [2.24, 2.45) is 5.92 Å². The number of carbonyl (C=O) groups is 1. The molecule has 152 valence electrons. The molecule has 0 aliphatic carbocycles. The van der Waals surface area contributed by atoms with Crippen LogP contribution in [0.25, 0.3) is 0 Å². The third kappa shape index (κ3) is 5.42. The molecule has 0 spiro atoms. The van der Waals surface area contributed by atoms with Crippen molar-refractivity contribution in [3.8, 4) is 5.75 Å². The number of methoxy groups -OCH3 is 1. The summed E-state index contributed by atoms with van der Waals surface area (Å²) >= 11 is 6.34. The minimum absolute atomic E-state index is 0.00286. The molecule has 0 fully saturated rings. The third-order valence-electron chi connectivity index (χ3n) is 4.76. The van der Waals surface area contributed by atoms with E-state index in [0.717, 1.165) is 16.3 Å². The Labute approximate surface area is 177 Å². The summed E-state index contributed by atoms with van der Waals surface area (Å²) in [4.78, 5) is 15.1. The van der Waals surface area contributed by atoms with Crippen LogP contribution in [0.15, 0.2) is 66.9 Å². The average molecular weight is 411 g/mol. The first-order chi connectivity index (χ1) is 14.0. The molecular weight excluding hydrogens is 384 g/mol. The van der Waals surface area contributed by atoms with Gasteiger partial charge in [0.1, 0.15) is 5.75 Å². The first-order valence-electron chi connectivity index (χ1n) is 9.78. The molecule has 1 heterocycles. The number of nitrogens with zero attached hydrogens (tertiary/aromatic N) is 2. The molecule has 0 atom stereocenters. The zero-order valence-corrected chi connectivity index (χ0v) is 17.9. The summed E-state index contributed by atoms with van der Waals surface area (Å²) < 4.78 is 7.43. The van der Waals surface area contributed by atoms with Gasteiger partial charge in [-0.05, 0) is 47.9 Å². The maximum atomic E-state index is 13.2. The topological polar surface area (TPSA) is 34.5 Å². The molecule has 0 saturated carbocycles. The molecule has 0 radical (unpaired) electrons. The number of benzene rings is 2. The highest BCUT2D eigenvalue weighted by atomic mass is 35.5. The van der Waals surface area contributed by atoms with Crippen LogP contribution in [0.5, 0.6) is 5.75 Å². The van der Waals surface area contributed by atoms with Gasteiger partial charge in [-0.25, -0.2) is 0 Å². The predicted molar refractivity (Wildman–Crippen MR) is 118 cm³/mol. The molecule has 0 bridgehead atoms. The number of hydrogen-bond donors (Lipinski definition) is 0. The fourth-order valence-corrected chi connectivity index (χ4v) is 3.55. The second-order valence-corrected chi connectivity index (χ2v) is 7.94. The van der Waals surface area contributed by atoms with E-state index in [9.17, 15) is 4.79 Å². The molecule has 3 aromatic rings. The predicted octanol–water partition coefficient (Wildman–Crippen LogP) is 5.50. The summed E-state index contributed by atoms with van der Waals surface area (Å²) in [7, 11) is 1.61. The lowest BCUT2D eigenvalue weighted by molar-refractivity contribution is 0.0718. The van der Waals surface area contributed by atoms with Crippen molar-refractivity contribution in [3.05, 3.63) is 88.7 Å². The molecule has 4 nitrogen and oxygen atoms in total. The number of rotatable bonds is 8. The van der Waals surface area contributed by atoms with Crippen molar-refractivity contribution in [1.29, 1.82) is 0 Å². The summed E-state index contributed by atoms with van der Waals surface area (Å²) in [5.41, 5.74) is 2.76. The number of halogens is 1. The molecule has 1 amide bonds. The summed E-state index contributed by atoms with van der Waals surface area (Å²) in [5.74, 6) is 1.04. The van der Waals surface area contributed by atoms with E-state index in [0.29, 0.717) is 36.9 Å². The number of carbonyl (C=O) groups excluding carboxylic acids is 1. The minimum atomic E-state index is 0.00286. The quantitative estimate of drug-likeness (QED) is 0.491. The fraction of sp³-hybridized carbons (Fsp3) is 0.292. The van der Waals surface area contributed by atoms with Gasteiger partial charge in [-0.15, -0.1) is 0 Å². The number of aromatic nitrogens is 1. The van der Waals surface area contributed by atoms with Crippen LogP contribution in [0.1, 0.15) is 35.5 Å². The van der Waals surface area contributed by atoms with Gasteiger partial charge in [0, 0.05) is 35.6 Å². The lowest BCUT2D eigenvalue weighted by Gasteiger charge is -2.26. The van der Waals surface area contributed by atoms with Gasteiger partial charge in [-0.3, -0.25) is 4.79 Å². The maximum absolute atomic E-state index is 13.2. The molecule has 1 aromatic heterocycles. The molecule has 0 unspecified atom stereocenters. The highest BCUT2D eigenvalue weighted by Crippen LogP contribution is 2.20. The van der Waals surface area contributed by atoms with Gasteiger partial charge in [0.15, 0.2) is 0 Å². The summed E-state index contributed by atoms with van der Waals surface area (Å²) in [6.45, 7) is 6.12. The van der Waals surface area contributed by atoms with Crippen molar-refractivity contribution in [3.63, 3.8) is 0 Å². The van der Waals surface area contributed by atoms with Crippen molar-refractivity contribution >= 4 is 17.5 Å². The van der Waals surface area contributed by atoms with Gasteiger partial charge in [-0.1, -0.05) is 49.7 Å². The molecule has 0 aliphatic heterocycles. The Morgan fingerprint density at radius 2 is 1.90 bits per heavy atom. The zero-order chi connectivity index (χ0) is 20.8. The van der Waals surface area contributed by atoms with Gasteiger partial charge in [0.2, 0.25) is 0 Å². The third-order valence-corrected chi connectivity index (χ3v) is 5.13. The highest BCUT2D eigenvalue weighted by molar-refractivity contribution is 6.31. The van der Waals surface area contributed by atoms with Crippen LogP contribution in [-0.4, -0.2) is 29.0 Å². The first kappa shape index (κ1) is 21.0. The van der Waals surface area contributed by atoms with Crippen LogP contribution in [0.3, 0.4) is 0 Å². The fourth-order valence-electron chi connectivity index (χ4n) is 3.35. The van der Waals surface area contributed by atoms with Gasteiger partial charge >= 0.3 is 0 Å². The molecule has 2 aromatic carbocycles. The summed E-state index contributed by atoms with van der Waals surface area (Å²) in [6, 6.07) is 19.2. The van der Waals surface area contributed by atoms with Crippen LogP contribution in [0, 0.1) is 5.92 Å². The summed E-state index contributed by atoms with van der Waals surface area (Å²) in [5, 5.41) is 0.749. The second kappa shape index (κ2) is 9.66. The van der Waals surface area contributed by atoms with E-state index in [1.807, 2.05) is 59.6 Å². The molecule has 29 heavy (non-hydrogen) atoms. The number of hydrogen-bond acceptors (Lipinski definition) is 2. The highest BCUT2D eigenvalue weighted by Gasteiger charge is 2.19. The molecule has 0 aliphatic rings. The molecule has 5 heteroatoms. The Morgan fingerprint density at radius 3 is 2.62 bits per heavy atom. The Bertz CT molecular complexity index is 965. The Hall–Kier alpha value is -2.72. The van der Waals surface area contributed by atoms with Gasteiger partial charge in [0.05, 0.1) is 13.7 Å². The minimum Gasteiger partial charge on any atom is -0.497 e. The van der Waals surface area contributed by atoms with Gasteiger partial charge < -0.3 is 14.2 Å². The van der Waals surface area contributed by atoms with E-state index in [1.165, 1.54) is 0 Å². The normalized spacial score (nSPS) is 10.9. The lowest BCUT2D eigenvalue weighted by atomic mass is 10.1. The van der Waals surface area contributed by atoms with Crippen molar-refractivity contribution < 1.29 is 9.53 Å². The van der Waals surface area contributed by atoms with Crippen LogP contribution in [0.4, 0.5) is 0 Å². The zero-order valence-electron chi connectivity index (χ0n) is 17.1. The van der Waals surface area contributed by atoms with Crippen LogP contribution in [0.2, 0.25) is 5.02 Å². The molecule has 0 N–H and O–H groups in total. The van der Waals surface area contributed by atoms with Gasteiger partial charge in [0.25, 0.3) is 5.91 Å². The lowest BCUT2D eigenvalue weighted by Crippen LogP contribution is -2.34. The first-order valence-corrected chi connectivity index (χ1v) is 10.2.